The Hall–Kier alpha value is -2.32. The number of nitrogens with zero attached hydrogens (tertiary/aromatic N) is 3. The van der Waals surface area contributed by atoms with Gasteiger partial charge in [-0.3, -0.25) is 0 Å². The molecule has 0 aromatic heterocycles. The van der Waals surface area contributed by atoms with Crippen molar-refractivity contribution in [3.63, 3.8) is 0 Å². The van der Waals surface area contributed by atoms with Crippen LogP contribution >= 0.6 is 0 Å². The summed E-state index contributed by atoms with van der Waals surface area (Å²) in [5.41, 5.74) is 3.93. The van der Waals surface area contributed by atoms with E-state index in [1.54, 1.807) is 0 Å². The van der Waals surface area contributed by atoms with E-state index in [1.165, 1.54) is 21.9 Å². The molecule has 158 valence electrons. The molecule has 0 bridgehead atoms. The molecule has 3 aromatic carbocycles. The van der Waals surface area contributed by atoms with Crippen LogP contribution < -0.4 is 0 Å². The average molecular weight is 471 g/mol. The summed E-state index contributed by atoms with van der Waals surface area (Å²) in [6, 6.07) is 32.1. The Morgan fingerprint density at radius 3 is 2.00 bits per heavy atom. The SMILES string of the molecule is C(=NCCN1CCN(CC[As]=Cc2ccccc2)C1c1ccccc1)c1ccccc1. The first-order valence-corrected chi connectivity index (χ1v) is 13.4. The van der Waals surface area contributed by atoms with E-state index in [1.807, 2.05) is 12.3 Å². The standard InChI is InChI=1S/C27H30AsN3/c1-4-10-24(11-5-1)22-28-16-18-30-20-21-31(27(30)26-14-8-3-9-15-26)19-17-29-23-25-12-6-2-7-13-25/h1-15,22-23,27H,16-21H2. The fraction of sp³-hybridized carbons (Fsp3) is 0.259. The summed E-state index contributed by atoms with van der Waals surface area (Å²) in [7, 11) is 0. The molecule has 1 aliphatic heterocycles. The molecule has 31 heavy (non-hydrogen) atoms. The third kappa shape index (κ3) is 6.58. The van der Waals surface area contributed by atoms with Crippen molar-refractivity contribution in [1.29, 1.82) is 0 Å². The molecule has 0 spiro atoms. The molecule has 4 heteroatoms. The van der Waals surface area contributed by atoms with Crippen LogP contribution in [-0.2, 0) is 0 Å². The zero-order chi connectivity index (χ0) is 21.1. The summed E-state index contributed by atoms with van der Waals surface area (Å²) >= 11 is 0.228. The molecular weight excluding hydrogens is 441 g/mol. The number of aliphatic imine (C=N–C) groups is 1. The van der Waals surface area contributed by atoms with Gasteiger partial charge in [0.25, 0.3) is 0 Å². The molecule has 0 N–H and O–H groups in total. The number of hydrogen-bond acceptors (Lipinski definition) is 3. The van der Waals surface area contributed by atoms with Crippen LogP contribution in [0.15, 0.2) is 96.0 Å². The van der Waals surface area contributed by atoms with Crippen LogP contribution in [0, 0.1) is 0 Å². The predicted octanol–water partition coefficient (Wildman–Crippen LogP) is 4.39. The van der Waals surface area contributed by atoms with E-state index in [-0.39, 0.29) is 15.3 Å². The third-order valence-corrected chi connectivity index (χ3v) is 7.55. The van der Waals surface area contributed by atoms with Crippen molar-refractivity contribution in [2.24, 2.45) is 4.99 Å². The molecule has 0 amide bonds. The van der Waals surface area contributed by atoms with Gasteiger partial charge in [0.2, 0.25) is 0 Å². The normalized spacial score (nSPS) is 17.7. The van der Waals surface area contributed by atoms with Gasteiger partial charge in [0.15, 0.2) is 0 Å². The van der Waals surface area contributed by atoms with Crippen LogP contribution in [0.1, 0.15) is 22.9 Å². The van der Waals surface area contributed by atoms with Gasteiger partial charge in [-0.05, 0) is 0 Å². The summed E-state index contributed by atoms with van der Waals surface area (Å²) in [5, 5.41) is 1.27. The van der Waals surface area contributed by atoms with E-state index in [0.29, 0.717) is 6.17 Å². The van der Waals surface area contributed by atoms with Crippen LogP contribution in [0.4, 0.5) is 0 Å². The second-order valence-corrected chi connectivity index (χ2v) is 9.99. The molecule has 1 saturated heterocycles. The molecule has 4 rings (SSSR count). The van der Waals surface area contributed by atoms with Gasteiger partial charge in [0.05, 0.1) is 0 Å². The van der Waals surface area contributed by atoms with Crippen LogP contribution in [-0.4, -0.2) is 68.9 Å². The molecule has 3 aromatic rings. The van der Waals surface area contributed by atoms with E-state index in [0.717, 1.165) is 32.7 Å². The molecule has 1 atom stereocenters. The summed E-state index contributed by atoms with van der Waals surface area (Å²) in [6.45, 7) is 5.23. The van der Waals surface area contributed by atoms with E-state index < -0.39 is 0 Å². The van der Waals surface area contributed by atoms with Gasteiger partial charge < -0.3 is 0 Å². The van der Waals surface area contributed by atoms with Gasteiger partial charge in [-0.25, -0.2) is 0 Å². The van der Waals surface area contributed by atoms with Crippen molar-refractivity contribution >= 4 is 26.3 Å². The quantitative estimate of drug-likeness (QED) is 0.341. The fourth-order valence-electron chi connectivity index (χ4n) is 4.04. The van der Waals surface area contributed by atoms with Crippen molar-refractivity contribution in [2.45, 2.75) is 11.4 Å². The van der Waals surface area contributed by atoms with Gasteiger partial charge in [-0.1, -0.05) is 6.07 Å². The van der Waals surface area contributed by atoms with Gasteiger partial charge >= 0.3 is 187 Å². The zero-order valence-corrected chi connectivity index (χ0v) is 19.8. The molecule has 1 heterocycles. The van der Waals surface area contributed by atoms with Gasteiger partial charge in [0.1, 0.15) is 0 Å². The molecule has 0 radical (unpaired) electrons. The van der Waals surface area contributed by atoms with Crippen molar-refractivity contribution in [3.8, 4) is 0 Å². The number of benzene rings is 3. The van der Waals surface area contributed by atoms with Crippen LogP contribution in [0.2, 0.25) is 5.21 Å². The number of hydrogen-bond donors (Lipinski definition) is 0. The third-order valence-electron chi connectivity index (χ3n) is 5.58. The molecule has 1 fully saturated rings. The van der Waals surface area contributed by atoms with E-state index in [2.05, 4.69) is 105 Å². The monoisotopic (exact) mass is 471 g/mol. The first-order valence-electron chi connectivity index (χ1n) is 11.0. The van der Waals surface area contributed by atoms with Gasteiger partial charge in [0, 0.05) is 0 Å². The second-order valence-electron chi connectivity index (χ2n) is 7.75. The zero-order valence-electron chi connectivity index (χ0n) is 17.9. The topological polar surface area (TPSA) is 18.8 Å². The molecule has 1 aliphatic rings. The van der Waals surface area contributed by atoms with Gasteiger partial charge in [-0.15, -0.1) is 0 Å². The number of rotatable bonds is 9. The summed E-state index contributed by atoms with van der Waals surface area (Å²) in [6.07, 6.45) is 2.36. The van der Waals surface area contributed by atoms with Crippen LogP contribution in [0.25, 0.3) is 0 Å². The molecule has 0 aliphatic carbocycles. The Morgan fingerprint density at radius 1 is 0.742 bits per heavy atom. The fourth-order valence-corrected chi connectivity index (χ4v) is 5.89. The molecular formula is C27H30AsN3. The summed E-state index contributed by atoms with van der Waals surface area (Å²) in [4.78, 5) is 12.4. The molecule has 0 saturated carbocycles. The van der Waals surface area contributed by atoms with Gasteiger partial charge in [-0.2, -0.15) is 0 Å². The maximum absolute atomic E-state index is 4.68. The summed E-state index contributed by atoms with van der Waals surface area (Å²) in [5.74, 6) is 0. The Kier molecular flexibility index (Phi) is 8.41. The van der Waals surface area contributed by atoms with Crippen molar-refractivity contribution in [2.75, 3.05) is 32.7 Å². The van der Waals surface area contributed by atoms with Crippen LogP contribution in [0.5, 0.6) is 0 Å². The first kappa shape index (κ1) is 21.9. The van der Waals surface area contributed by atoms with Crippen LogP contribution in [0.3, 0.4) is 0 Å². The van der Waals surface area contributed by atoms with Crippen molar-refractivity contribution in [1.82, 2.24) is 9.80 Å². The average Bonchev–Trinajstić information content (AvgIpc) is 3.24. The predicted molar refractivity (Wildman–Crippen MR) is 133 cm³/mol. The minimum atomic E-state index is 0.228. The van der Waals surface area contributed by atoms with Crippen molar-refractivity contribution in [3.05, 3.63) is 108 Å². The van der Waals surface area contributed by atoms with E-state index in [4.69, 9.17) is 0 Å². The van der Waals surface area contributed by atoms with Crippen molar-refractivity contribution < 1.29 is 0 Å². The van der Waals surface area contributed by atoms with E-state index in [9.17, 15) is 0 Å². The van der Waals surface area contributed by atoms with E-state index >= 15 is 0 Å². The first-order chi connectivity index (χ1) is 15.4. The Morgan fingerprint density at radius 2 is 1.32 bits per heavy atom. The Labute approximate surface area is 192 Å². The molecule has 3 nitrogen and oxygen atoms in total. The second kappa shape index (κ2) is 11.9. The molecule has 1 unspecified atom stereocenters. The Bertz CT molecular complexity index is 896. The maximum atomic E-state index is 4.68. The summed E-state index contributed by atoms with van der Waals surface area (Å²) < 4.78 is 0. The Balaban J connectivity index is 1.35. The minimum absolute atomic E-state index is 0.228.